The molecule has 0 bridgehead atoms. The van der Waals surface area contributed by atoms with Crippen LogP contribution in [0.5, 0.6) is 11.5 Å². The molecule has 1 saturated heterocycles. The number of hydrogen-bond donors (Lipinski definition) is 1. The standard InChI is InChI=1S/C27H29ClN6O2/c1-32-14-3-4-21(32)12-15-34(18-35)26-17-23(11-13-29-26)36-22-9-10-25-24(16-22)31-27(33(25)2)30-20-7-5-19(28)6-8-20/h5-11,13,16-18,21H,3-4,12,14-15H2,1-2H3,(H,30,31). The summed E-state index contributed by atoms with van der Waals surface area (Å²) in [6.07, 6.45) is 5.81. The lowest BCUT2D eigenvalue weighted by atomic mass is 10.1. The fourth-order valence-electron chi connectivity index (χ4n) is 4.63. The number of halogens is 1. The van der Waals surface area contributed by atoms with Gasteiger partial charge in [-0.2, -0.15) is 0 Å². The van der Waals surface area contributed by atoms with Crippen LogP contribution in [0.15, 0.2) is 60.8 Å². The third-order valence-corrected chi connectivity index (χ3v) is 6.95. The molecule has 5 rings (SSSR count). The molecule has 1 unspecified atom stereocenters. The van der Waals surface area contributed by atoms with Crippen LogP contribution in [-0.4, -0.2) is 52.0 Å². The number of imidazole rings is 1. The van der Waals surface area contributed by atoms with Crippen LogP contribution < -0.4 is 15.0 Å². The van der Waals surface area contributed by atoms with E-state index in [0.29, 0.717) is 40.9 Å². The molecule has 2 aromatic heterocycles. The second-order valence-electron chi connectivity index (χ2n) is 9.09. The number of pyridine rings is 1. The predicted octanol–water partition coefficient (Wildman–Crippen LogP) is 5.60. The number of nitrogens with one attached hydrogen (secondary N) is 1. The number of carbonyl (C=O) groups excluding carboxylic acids is 1. The highest BCUT2D eigenvalue weighted by Crippen LogP contribution is 2.29. The zero-order chi connectivity index (χ0) is 25.1. The van der Waals surface area contributed by atoms with Gasteiger partial charge in [-0.05, 0) is 75.3 Å². The second kappa shape index (κ2) is 10.6. The number of hydrogen-bond acceptors (Lipinski definition) is 6. The molecule has 0 spiro atoms. The number of fused-ring (bicyclic) bond motifs is 1. The van der Waals surface area contributed by atoms with E-state index < -0.39 is 0 Å². The number of anilines is 3. The highest BCUT2D eigenvalue weighted by atomic mass is 35.5. The van der Waals surface area contributed by atoms with Gasteiger partial charge in [0.2, 0.25) is 12.4 Å². The van der Waals surface area contributed by atoms with Gasteiger partial charge in [-0.15, -0.1) is 0 Å². The minimum atomic E-state index is 0.510. The lowest BCUT2D eigenvalue weighted by Crippen LogP contribution is -2.31. The molecule has 2 aromatic carbocycles. The first-order valence-electron chi connectivity index (χ1n) is 12.1. The van der Waals surface area contributed by atoms with E-state index in [1.807, 2.05) is 54.1 Å². The van der Waals surface area contributed by atoms with Gasteiger partial charge in [0.25, 0.3) is 0 Å². The first kappa shape index (κ1) is 24.1. The number of carbonyl (C=O) groups is 1. The minimum Gasteiger partial charge on any atom is -0.457 e. The van der Waals surface area contributed by atoms with Gasteiger partial charge < -0.3 is 19.5 Å². The summed E-state index contributed by atoms with van der Waals surface area (Å²) in [6.45, 7) is 1.74. The molecule has 0 saturated carbocycles. The molecule has 1 fully saturated rings. The Labute approximate surface area is 215 Å². The van der Waals surface area contributed by atoms with E-state index in [1.54, 1.807) is 23.2 Å². The van der Waals surface area contributed by atoms with Gasteiger partial charge in [-0.1, -0.05) is 11.6 Å². The summed E-state index contributed by atoms with van der Waals surface area (Å²) in [5.41, 5.74) is 2.67. The molecule has 1 aliphatic rings. The molecule has 8 nitrogen and oxygen atoms in total. The first-order valence-corrected chi connectivity index (χ1v) is 12.4. The number of aryl methyl sites for hydroxylation is 1. The number of likely N-dealkylation sites (tertiary alicyclic amines) is 1. The molecule has 1 atom stereocenters. The third-order valence-electron chi connectivity index (χ3n) is 6.70. The smallest absolute Gasteiger partial charge is 0.215 e. The number of amides is 1. The van der Waals surface area contributed by atoms with Gasteiger partial charge in [0.15, 0.2) is 0 Å². The molecule has 36 heavy (non-hydrogen) atoms. The molecular formula is C27H29ClN6O2. The highest BCUT2D eigenvalue weighted by Gasteiger charge is 2.21. The van der Waals surface area contributed by atoms with Crippen molar-refractivity contribution in [3.8, 4) is 11.5 Å². The molecule has 0 radical (unpaired) electrons. The minimum absolute atomic E-state index is 0.510. The Morgan fingerprint density at radius 3 is 2.69 bits per heavy atom. The molecule has 9 heteroatoms. The molecular weight excluding hydrogens is 476 g/mol. The van der Waals surface area contributed by atoms with Crippen LogP contribution in [0.4, 0.5) is 17.5 Å². The van der Waals surface area contributed by atoms with Crippen molar-refractivity contribution >= 4 is 46.5 Å². The molecule has 1 aliphatic heterocycles. The van der Waals surface area contributed by atoms with Crippen molar-refractivity contribution in [1.29, 1.82) is 0 Å². The summed E-state index contributed by atoms with van der Waals surface area (Å²) in [5.74, 6) is 2.56. The summed E-state index contributed by atoms with van der Waals surface area (Å²) >= 11 is 5.99. The molecule has 0 aliphatic carbocycles. The van der Waals surface area contributed by atoms with E-state index in [9.17, 15) is 4.79 Å². The summed E-state index contributed by atoms with van der Waals surface area (Å²) in [7, 11) is 4.10. The number of ether oxygens (including phenoxy) is 1. The van der Waals surface area contributed by atoms with Crippen molar-refractivity contribution in [3.63, 3.8) is 0 Å². The summed E-state index contributed by atoms with van der Waals surface area (Å²) in [5, 5.41) is 4.01. The first-order chi connectivity index (χ1) is 17.5. The Morgan fingerprint density at radius 2 is 1.94 bits per heavy atom. The van der Waals surface area contributed by atoms with E-state index in [1.165, 1.54) is 12.8 Å². The van der Waals surface area contributed by atoms with E-state index in [4.69, 9.17) is 21.3 Å². The van der Waals surface area contributed by atoms with Crippen LogP contribution in [0.25, 0.3) is 11.0 Å². The van der Waals surface area contributed by atoms with E-state index in [-0.39, 0.29) is 0 Å². The van der Waals surface area contributed by atoms with Crippen molar-refractivity contribution in [2.45, 2.75) is 25.3 Å². The normalized spacial score (nSPS) is 15.8. The zero-order valence-electron chi connectivity index (χ0n) is 20.4. The van der Waals surface area contributed by atoms with Gasteiger partial charge in [0, 0.05) is 48.7 Å². The predicted molar refractivity (Wildman–Crippen MR) is 143 cm³/mol. The Bertz CT molecular complexity index is 1360. The zero-order valence-corrected chi connectivity index (χ0v) is 21.2. The third kappa shape index (κ3) is 5.29. The maximum atomic E-state index is 11.8. The quantitative estimate of drug-likeness (QED) is 0.299. The number of aromatic nitrogens is 3. The van der Waals surface area contributed by atoms with Gasteiger partial charge in [-0.3, -0.25) is 9.69 Å². The fraction of sp³-hybridized carbons (Fsp3) is 0.296. The van der Waals surface area contributed by atoms with Gasteiger partial charge in [-0.25, -0.2) is 9.97 Å². The second-order valence-corrected chi connectivity index (χ2v) is 9.53. The maximum Gasteiger partial charge on any atom is 0.215 e. The highest BCUT2D eigenvalue weighted by molar-refractivity contribution is 6.30. The Hall–Kier alpha value is -3.62. The van der Waals surface area contributed by atoms with E-state index >= 15 is 0 Å². The Kier molecular flexibility index (Phi) is 7.06. The average Bonchev–Trinajstić information content (AvgIpc) is 3.43. The lowest BCUT2D eigenvalue weighted by Gasteiger charge is -2.23. The molecule has 1 amide bonds. The molecule has 186 valence electrons. The summed E-state index contributed by atoms with van der Waals surface area (Å²) in [6, 6.07) is 17.4. The topological polar surface area (TPSA) is 75.5 Å². The van der Waals surface area contributed by atoms with Crippen LogP contribution in [-0.2, 0) is 11.8 Å². The van der Waals surface area contributed by atoms with Crippen LogP contribution in [0.3, 0.4) is 0 Å². The molecule has 3 heterocycles. The number of benzene rings is 2. The van der Waals surface area contributed by atoms with Gasteiger partial charge in [0.1, 0.15) is 17.3 Å². The summed E-state index contributed by atoms with van der Waals surface area (Å²) < 4.78 is 8.11. The number of rotatable bonds is 9. The molecule has 1 N–H and O–H groups in total. The van der Waals surface area contributed by atoms with Gasteiger partial charge >= 0.3 is 0 Å². The van der Waals surface area contributed by atoms with E-state index in [0.717, 1.165) is 36.1 Å². The van der Waals surface area contributed by atoms with Crippen LogP contribution in [0.2, 0.25) is 5.02 Å². The van der Waals surface area contributed by atoms with Crippen molar-refractivity contribution in [2.24, 2.45) is 7.05 Å². The summed E-state index contributed by atoms with van der Waals surface area (Å²) in [4.78, 5) is 24.9. The Morgan fingerprint density at radius 1 is 1.14 bits per heavy atom. The monoisotopic (exact) mass is 504 g/mol. The van der Waals surface area contributed by atoms with Crippen molar-refractivity contribution in [3.05, 3.63) is 65.8 Å². The fourth-order valence-corrected chi connectivity index (χ4v) is 4.75. The SMILES string of the molecule is CN1CCCC1CCN(C=O)c1cc(Oc2ccc3c(c2)nc(Nc2ccc(Cl)cc2)n3C)ccn1. The van der Waals surface area contributed by atoms with Crippen LogP contribution in [0.1, 0.15) is 19.3 Å². The van der Waals surface area contributed by atoms with Crippen molar-refractivity contribution in [2.75, 3.05) is 30.4 Å². The van der Waals surface area contributed by atoms with Crippen molar-refractivity contribution in [1.82, 2.24) is 19.4 Å². The van der Waals surface area contributed by atoms with Crippen molar-refractivity contribution < 1.29 is 9.53 Å². The largest absolute Gasteiger partial charge is 0.457 e. The molecule has 4 aromatic rings. The van der Waals surface area contributed by atoms with Gasteiger partial charge in [0.05, 0.1) is 11.0 Å². The van der Waals surface area contributed by atoms with Crippen LogP contribution in [0, 0.1) is 0 Å². The van der Waals surface area contributed by atoms with E-state index in [2.05, 4.69) is 22.2 Å². The van der Waals surface area contributed by atoms with Crippen LogP contribution >= 0.6 is 11.6 Å². The maximum absolute atomic E-state index is 11.8. The number of nitrogens with zero attached hydrogens (tertiary/aromatic N) is 5. The average molecular weight is 505 g/mol. The lowest BCUT2D eigenvalue weighted by molar-refractivity contribution is -0.107. The Balaban J connectivity index is 1.30.